The van der Waals surface area contributed by atoms with Gasteiger partial charge in [0.2, 0.25) is 0 Å². The lowest BCUT2D eigenvalue weighted by atomic mass is 10.00. The van der Waals surface area contributed by atoms with Crippen LogP contribution in [0.15, 0.2) is 30.3 Å². The molecule has 0 bridgehead atoms. The molecule has 2 heterocycles. The Morgan fingerprint density at radius 3 is 2.91 bits per heavy atom. The highest BCUT2D eigenvalue weighted by Crippen LogP contribution is 2.27. The molecule has 3 rings (SSSR count). The molecule has 0 radical (unpaired) electrons. The topological polar surface area (TPSA) is 41.0 Å². The standard InChI is InChI=1S/C18H23FN4/c1-3-16-9-4-5-10-23(16)18-12-17(20-13(2)21-18)22-15-8-6-7-14(19)11-15/h6-8,11-12,16H,3-5,9-10H2,1-2H3,(H,20,21,22). The lowest BCUT2D eigenvalue weighted by Gasteiger charge is -2.36. The van der Waals surface area contributed by atoms with Crippen LogP contribution >= 0.6 is 0 Å². The Kier molecular flexibility index (Phi) is 4.74. The highest BCUT2D eigenvalue weighted by molar-refractivity contribution is 5.60. The van der Waals surface area contributed by atoms with E-state index in [4.69, 9.17) is 0 Å². The second-order valence-corrected chi connectivity index (χ2v) is 6.05. The van der Waals surface area contributed by atoms with Crippen molar-refractivity contribution in [2.45, 2.75) is 45.6 Å². The summed E-state index contributed by atoms with van der Waals surface area (Å²) in [6.45, 7) is 5.16. The summed E-state index contributed by atoms with van der Waals surface area (Å²) in [6, 6.07) is 8.92. The van der Waals surface area contributed by atoms with Gasteiger partial charge in [-0.1, -0.05) is 13.0 Å². The first-order valence-corrected chi connectivity index (χ1v) is 8.30. The summed E-state index contributed by atoms with van der Waals surface area (Å²) in [5.74, 6) is 2.13. The van der Waals surface area contributed by atoms with Gasteiger partial charge in [-0.05, 0) is 50.8 Å². The van der Waals surface area contributed by atoms with Crippen molar-refractivity contribution >= 4 is 17.3 Å². The summed E-state index contributed by atoms with van der Waals surface area (Å²) < 4.78 is 13.3. The first kappa shape index (κ1) is 15.7. The molecule has 4 nitrogen and oxygen atoms in total. The zero-order valence-electron chi connectivity index (χ0n) is 13.7. The number of rotatable bonds is 4. The van der Waals surface area contributed by atoms with Gasteiger partial charge in [-0.3, -0.25) is 0 Å². The molecule has 1 fully saturated rings. The van der Waals surface area contributed by atoms with Crippen LogP contribution in [0.25, 0.3) is 0 Å². The monoisotopic (exact) mass is 314 g/mol. The van der Waals surface area contributed by atoms with Gasteiger partial charge in [0.25, 0.3) is 0 Å². The van der Waals surface area contributed by atoms with E-state index in [9.17, 15) is 4.39 Å². The molecule has 0 spiro atoms. The Morgan fingerprint density at radius 1 is 1.26 bits per heavy atom. The third-order valence-corrected chi connectivity index (χ3v) is 4.31. The summed E-state index contributed by atoms with van der Waals surface area (Å²) in [5.41, 5.74) is 0.694. The summed E-state index contributed by atoms with van der Waals surface area (Å²) in [4.78, 5) is 11.4. The van der Waals surface area contributed by atoms with E-state index in [0.29, 0.717) is 17.5 Å². The van der Waals surface area contributed by atoms with E-state index in [0.717, 1.165) is 24.6 Å². The molecule has 1 aromatic carbocycles. The maximum absolute atomic E-state index is 13.3. The smallest absolute Gasteiger partial charge is 0.136 e. The molecule has 1 unspecified atom stereocenters. The second-order valence-electron chi connectivity index (χ2n) is 6.05. The second kappa shape index (κ2) is 6.94. The summed E-state index contributed by atoms with van der Waals surface area (Å²) in [6.07, 6.45) is 4.82. The van der Waals surface area contributed by atoms with Crippen LogP contribution in [0.1, 0.15) is 38.4 Å². The first-order valence-electron chi connectivity index (χ1n) is 8.30. The minimum atomic E-state index is -0.261. The molecule has 23 heavy (non-hydrogen) atoms. The Hall–Kier alpha value is -2.17. The van der Waals surface area contributed by atoms with Gasteiger partial charge < -0.3 is 10.2 Å². The number of aromatic nitrogens is 2. The van der Waals surface area contributed by atoms with Gasteiger partial charge in [0.15, 0.2) is 0 Å². The predicted molar refractivity (Wildman–Crippen MR) is 91.7 cm³/mol. The lowest BCUT2D eigenvalue weighted by Crippen LogP contribution is -2.39. The van der Waals surface area contributed by atoms with Crippen LogP contribution in [0.4, 0.5) is 21.7 Å². The number of nitrogens with zero attached hydrogens (tertiary/aromatic N) is 3. The minimum Gasteiger partial charge on any atom is -0.353 e. The molecule has 1 aliphatic heterocycles. The van der Waals surface area contributed by atoms with Crippen LogP contribution in [0.3, 0.4) is 0 Å². The predicted octanol–water partition coefficient (Wildman–Crippen LogP) is 4.44. The van der Waals surface area contributed by atoms with E-state index in [2.05, 4.69) is 27.1 Å². The largest absolute Gasteiger partial charge is 0.353 e. The van der Waals surface area contributed by atoms with Crippen molar-refractivity contribution < 1.29 is 4.39 Å². The zero-order valence-corrected chi connectivity index (χ0v) is 13.7. The molecule has 1 aromatic heterocycles. The van der Waals surface area contributed by atoms with Crippen molar-refractivity contribution in [2.24, 2.45) is 0 Å². The fourth-order valence-corrected chi connectivity index (χ4v) is 3.20. The average Bonchev–Trinajstić information content (AvgIpc) is 2.54. The van der Waals surface area contributed by atoms with E-state index in [1.807, 2.05) is 19.1 Å². The summed E-state index contributed by atoms with van der Waals surface area (Å²) in [7, 11) is 0. The molecule has 122 valence electrons. The van der Waals surface area contributed by atoms with Crippen molar-refractivity contribution in [1.82, 2.24) is 9.97 Å². The number of piperidine rings is 1. The van der Waals surface area contributed by atoms with Crippen molar-refractivity contribution in [3.8, 4) is 0 Å². The Bertz CT molecular complexity index is 674. The average molecular weight is 314 g/mol. The number of halogens is 1. The van der Waals surface area contributed by atoms with Crippen molar-refractivity contribution in [2.75, 3.05) is 16.8 Å². The van der Waals surface area contributed by atoms with Gasteiger partial charge in [-0.2, -0.15) is 0 Å². The van der Waals surface area contributed by atoms with E-state index in [1.54, 1.807) is 6.07 Å². The molecular weight excluding hydrogens is 291 g/mol. The lowest BCUT2D eigenvalue weighted by molar-refractivity contribution is 0.446. The third kappa shape index (κ3) is 3.78. The molecule has 1 saturated heterocycles. The number of aryl methyl sites for hydroxylation is 1. The minimum absolute atomic E-state index is 0.261. The molecule has 5 heteroatoms. The van der Waals surface area contributed by atoms with Crippen LogP contribution in [0, 0.1) is 12.7 Å². The van der Waals surface area contributed by atoms with E-state index in [-0.39, 0.29) is 5.82 Å². The van der Waals surface area contributed by atoms with Gasteiger partial charge in [0.1, 0.15) is 23.3 Å². The Balaban J connectivity index is 1.86. The third-order valence-electron chi connectivity index (χ3n) is 4.31. The van der Waals surface area contributed by atoms with Gasteiger partial charge in [-0.25, -0.2) is 14.4 Å². The van der Waals surface area contributed by atoms with E-state index in [1.165, 1.54) is 31.4 Å². The number of benzene rings is 1. The van der Waals surface area contributed by atoms with Crippen LogP contribution < -0.4 is 10.2 Å². The van der Waals surface area contributed by atoms with E-state index >= 15 is 0 Å². The van der Waals surface area contributed by atoms with Crippen molar-refractivity contribution in [3.63, 3.8) is 0 Å². The van der Waals surface area contributed by atoms with E-state index < -0.39 is 0 Å². The fraction of sp³-hybridized carbons (Fsp3) is 0.444. The molecule has 0 amide bonds. The maximum Gasteiger partial charge on any atom is 0.136 e. The zero-order chi connectivity index (χ0) is 16.2. The fourth-order valence-electron chi connectivity index (χ4n) is 3.20. The number of nitrogens with one attached hydrogen (secondary N) is 1. The van der Waals surface area contributed by atoms with Crippen molar-refractivity contribution in [3.05, 3.63) is 42.0 Å². The molecule has 2 aromatic rings. The van der Waals surface area contributed by atoms with Gasteiger partial charge in [0.05, 0.1) is 0 Å². The summed E-state index contributed by atoms with van der Waals surface area (Å²) in [5, 5.41) is 3.18. The Labute approximate surface area is 136 Å². The molecule has 1 aliphatic rings. The van der Waals surface area contributed by atoms with Crippen LogP contribution in [0.5, 0.6) is 0 Å². The highest BCUT2D eigenvalue weighted by atomic mass is 19.1. The normalized spacial score (nSPS) is 18.0. The number of anilines is 3. The van der Waals surface area contributed by atoms with Crippen LogP contribution in [0.2, 0.25) is 0 Å². The number of hydrogen-bond donors (Lipinski definition) is 1. The van der Waals surface area contributed by atoms with Crippen molar-refractivity contribution in [1.29, 1.82) is 0 Å². The molecule has 1 atom stereocenters. The van der Waals surface area contributed by atoms with Crippen LogP contribution in [-0.4, -0.2) is 22.6 Å². The number of hydrogen-bond acceptors (Lipinski definition) is 4. The van der Waals surface area contributed by atoms with Crippen LogP contribution in [-0.2, 0) is 0 Å². The van der Waals surface area contributed by atoms with Gasteiger partial charge >= 0.3 is 0 Å². The molecule has 0 saturated carbocycles. The highest BCUT2D eigenvalue weighted by Gasteiger charge is 2.22. The maximum atomic E-state index is 13.3. The molecule has 1 N–H and O–H groups in total. The molecule has 0 aliphatic carbocycles. The van der Waals surface area contributed by atoms with Gasteiger partial charge in [0, 0.05) is 24.3 Å². The molecular formula is C18H23FN4. The SMILES string of the molecule is CCC1CCCCN1c1cc(Nc2cccc(F)c2)nc(C)n1. The Morgan fingerprint density at radius 2 is 2.13 bits per heavy atom. The van der Waals surface area contributed by atoms with Gasteiger partial charge in [-0.15, -0.1) is 0 Å². The quantitative estimate of drug-likeness (QED) is 0.906. The first-order chi connectivity index (χ1) is 11.2. The summed E-state index contributed by atoms with van der Waals surface area (Å²) >= 11 is 0.